The average Bonchev–Trinajstić information content (AvgIpc) is 2.73. The van der Waals surface area contributed by atoms with Crippen LogP contribution in [0.3, 0.4) is 0 Å². The Balaban J connectivity index is 2.00. The van der Waals surface area contributed by atoms with Crippen molar-refractivity contribution in [1.29, 1.82) is 0 Å². The van der Waals surface area contributed by atoms with Crippen LogP contribution in [-0.2, 0) is 6.42 Å². The molecule has 4 heteroatoms. The van der Waals surface area contributed by atoms with Crippen LogP contribution in [0.15, 0.2) is 30.3 Å². The molecule has 2 aromatic rings. The first kappa shape index (κ1) is 11.3. The average molecular weight is 278 g/mol. The molecule has 0 radical (unpaired) electrons. The van der Waals surface area contributed by atoms with E-state index in [4.69, 9.17) is 12.2 Å². The van der Waals surface area contributed by atoms with Gasteiger partial charge in [-0.15, -0.1) is 0 Å². The Hall–Kier alpha value is -0.840. The van der Waals surface area contributed by atoms with Crippen molar-refractivity contribution >= 4 is 38.7 Å². The third-order valence-corrected chi connectivity index (χ3v) is 6.25. The number of fused-ring (bicyclic) bond motifs is 1. The van der Waals surface area contributed by atoms with Crippen molar-refractivity contribution in [2.24, 2.45) is 0 Å². The van der Waals surface area contributed by atoms with Gasteiger partial charge in [0, 0.05) is 11.3 Å². The molecule has 1 unspecified atom stereocenters. The van der Waals surface area contributed by atoms with Gasteiger partial charge in [-0.2, -0.15) is 0 Å². The second-order valence-corrected chi connectivity index (χ2v) is 7.09. The molecule has 0 saturated carbocycles. The van der Waals surface area contributed by atoms with Gasteiger partial charge in [-0.05, 0) is 17.9 Å². The van der Waals surface area contributed by atoms with Crippen LogP contribution >= 0.6 is 32.9 Å². The van der Waals surface area contributed by atoms with Crippen molar-refractivity contribution in [3.63, 3.8) is 0 Å². The fourth-order valence-electron chi connectivity index (χ4n) is 2.27. The molecule has 0 bridgehead atoms. The van der Waals surface area contributed by atoms with Crippen LogP contribution in [0, 0.1) is 3.82 Å². The fourth-order valence-corrected chi connectivity index (χ4v) is 5.24. The van der Waals surface area contributed by atoms with Gasteiger partial charge in [0.05, 0.1) is 5.56 Å². The molecule has 1 aromatic carbocycles. The molecule has 86 valence electrons. The van der Waals surface area contributed by atoms with Gasteiger partial charge in [-0.25, -0.2) is 0 Å². The predicted molar refractivity (Wildman–Crippen MR) is 74.9 cm³/mol. The molecule has 1 heterocycles. The highest BCUT2D eigenvalue weighted by molar-refractivity contribution is 7.79. The molecule has 0 saturated heterocycles. The molecule has 17 heavy (non-hydrogen) atoms. The first-order chi connectivity index (χ1) is 8.25. The molecular weight excluding hydrogens is 268 g/mol. The van der Waals surface area contributed by atoms with Crippen LogP contribution in [0.2, 0.25) is 0 Å². The Morgan fingerprint density at radius 3 is 2.65 bits per heavy atom. The maximum atomic E-state index is 12.1. The topological polar surface area (TPSA) is 17.1 Å². The van der Waals surface area contributed by atoms with Crippen LogP contribution < -0.4 is 0 Å². The van der Waals surface area contributed by atoms with E-state index in [9.17, 15) is 4.79 Å². The number of ketones is 1. The molecule has 1 nitrogen and oxygen atoms in total. The minimum absolute atomic E-state index is 0.225. The van der Waals surface area contributed by atoms with Crippen molar-refractivity contribution in [3.8, 4) is 0 Å². The quantitative estimate of drug-likeness (QED) is 0.566. The highest BCUT2D eigenvalue weighted by Crippen LogP contribution is 2.38. The zero-order valence-corrected chi connectivity index (χ0v) is 11.5. The van der Waals surface area contributed by atoms with E-state index in [0.717, 1.165) is 15.8 Å². The molecule has 0 aliphatic heterocycles. The van der Waals surface area contributed by atoms with Gasteiger partial charge < -0.3 is 0 Å². The monoisotopic (exact) mass is 278 g/mol. The van der Waals surface area contributed by atoms with E-state index < -0.39 is 0 Å². The molecule has 1 aliphatic carbocycles. The summed E-state index contributed by atoms with van der Waals surface area (Å²) < 4.78 is 0.779. The summed E-state index contributed by atoms with van der Waals surface area (Å²) in [5, 5.41) is 0. The van der Waals surface area contributed by atoms with Crippen LogP contribution in [-0.4, -0.2) is 5.78 Å². The first-order valence-electron chi connectivity index (χ1n) is 5.46. The van der Waals surface area contributed by atoms with Crippen LogP contribution in [0.5, 0.6) is 0 Å². The minimum atomic E-state index is 0.225. The Bertz CT molecular complexity index is 609. The maximum absolute atomic E-state index is 12.1. The SMILES string of the molecule is O=C1CC(c2ccccc2)Cc2ssc(=S)c21. The number of benzene rings is 1. The van der Waals surface area contributed by atoms with E-state index in [0.29, 0.717) is 12.3 Å². The lowest BCUT2D eigenvalue weighted by Crippen LogP contribution is -2.17. The van der Waals surface area contributed by atoms with Crippen molar-refractivity contribution in [2.45, 2.75) is 18.8 Å². The van der Waals surface area contributed by atoms with Crippen molar-refractivity contribution < 1.29 is 4.79 Å². The molecular formula is C13H10OS3. The van der Waals surface area contributed by atoms with Gasteiger partial charge in [0.15, 0.2) is 5.78 Å². The van der Waals surface area contributed by atoms with Crippen LogP contribution in [0.4, 0.5) is 0 Å². The summed E-state index contributed by atoms with van der Waals surface area (Å²) in [7, 11) is 3.23. The van der Waals surface area contributed by atoms with Gasteiger partial charge >= 0.3 is 0 Å². The lowest BCUT2D eigenvalue weighted by molar-refractivity contribution is 0.0965. The molecule has 0 N–H and O–H groups in total. The number of carbonyl (C=O) groups is 1. The number of Topliss-reactive ketones (excluding diaryl/α,β-unsaturated/α-hetero) is 1. The summed E-state index contributed by atoms with van der Waals surface area (Å²) in [5.74, 6) is 0.555. The minimum Gasteiger partial charge on any atom is -0.294 e. The summed E-state index contributed by atoms with van der Waals surface area (Å²) in [6, 6.07) is 10.3. The van der Waals surface area contributed by atoms with Gasteiger partial charge in [0.2, 0.25) is 0 Å². The molecule has 1 atom stereocenters. The van der Waals surface area contributed by atoms with E-state index in [-0.39, 0.29) is 5.78 Å². The first-order valence-corrected chi connectivity index (χ1v) is 8.01. The van der Waals surface area contributed by atoms with Crippen LogP contribution in [0.25, 0.3) is 0 Å². The Morgan fingerprint density at radius 2 is 1.88 bits per heavy atom. The lowest BCUT2D eigenvalue weighted by Gasteiger charge is -2.20. The normalized spacial score (nSPS) is 19.1. The predicted octanol–water partition coefficient (Wildman–Crippen LogP) is 4.45. The molecule has 0 amide bonds. The molecule has 0 fully saturated rings. The van der Waals surface area contributed by atoms with E-state index >= 15 is 0 Å². The fraction of sp³-hybridized carbons (Fsp3) is 0.231. The van der Waals surface area contributed by atoms with Gasteiger partial charge in [0.25, 0.3) is 0 Å². The zero-order chi connectivity index (χ0) is 11.8. The van der Waals surface area contributed by atoms with E-state index in [1.165, 1.54) is 10.4 Å². The molecule has 0 spiro atoms. The molecule has 1 aliphatic rings. The second kappa shape index (κ2) is 4.44. The Kier molecular flexibility index (Phi) is 2.94. The Morgan fingerprint density at radius 1 is 1.12 bits per heavy atom. The van der Waals surface area contributed by atoms with Gasteiger partial charge in [0.1, 0.15) is 3.82 Å². The summed E-state index contributed by atoms with van der Waals surface area (Å²) in [4.78, 5) is 13.3. The summed E-state index contributed by atoms with van der Waals surface area (Å²) in [5.41, 5.74) is 2.10. The second-order valence-electron chi connectivity index (χ2n) is 4.19. The lowest BCUT2D eigenvalue weighted by atomic mass is 9.84. The van der Waals surface area contributed by atoms with Crippen molar-refractivity contribution in [1.82, 2.24) is 0 Å². The van der Waals surface area contributed by atoms with Gasteiger partial charge in [-0.1, -0.05) is 63.2 Å². The molecule has 1 aromatic heterocycles. The third-order valence-electron chi connectivity index (χ3n) is 3.11. The van der Waals surface area contributed by atoms with Crippen molar-refractivity contribution in [2.75, 3.05) is 0 Å². The van der Waals surface area contributed by atoms with E-state index in [1.807, 2.05) is 18.2 Å². The van der Waals surface area contributed by atoms with Crippen molar-refractivity contribution in [3.05, 3.63) is 50.2 Å². The largest absolute Gasteiger partial charge is 0.294 e. The summed E-state index contributed by atoms with van der Waals surface area (Å²) in [6.07, 6.45) is 1.56. The smallest absolute Gasteiger partial charge is 0.166 e. The summed E-state index contributed by atoms with van der Waals surface area (Å²) >= 11 is 5.21. The Labute approximate surface area is 112 Å². The molecule has 3 rings (SSSR count). The number of hydrogen-bond donors (Lipinski definition) is 0. The number of carbonyl (C=O) groups excluding carboxylic acids is 1. The van der Waals surface area contributed by atoms with Crippen LogP contribution in [0.1, 0.15) is 33.1 Å². The highest BCUT2D eigenvalue weighted by Gasteiger charge is 2.28. The van der Waals surface area contributed by atoms with Gasteiger partial charge in [-0.3, -0.25) is 4.79 Å². The third kappa shape index (κ3) is 2.01. The standard InChI is InChI=1S/C13H10OS3/c14-10-6-9(8-4-2-1-3-5-8)7-11-12(10)13(15)17-16-11/h1-5,9H,6-7H2. The van der Waals surface area contributed by atoms with E-state index in [2.05, 4.69) is 12.1 Å². The zero-order valence-electron chi connectivity index (χ0n) is 9.01. The number of rotatable bonds is 1. The number of hydrogen-bond acceptors (Lipinski definition) is 4. The maximum Gasteiger partial charge on any atom is 0.166 e. The summed E-state index contributed by atoms with van der Waals surface area (Å²) in [6.45, 7) is 0. The van der Waals surface area contributed by atoms with E-state index in [1.54, 1.807) is 20.7 Å². The highest BCUT2D eigenvalue weighted by atomic mass is 32.9.